The molecular formula is C17H23NO3. The van der Waals surface area contributed by atoms with Crippen molar-refractivity contribution in [1.82, 2.24) is 4.90 Å². The highest BCUT2D eigenvalue weighted by molar-refractivity contribution is 5.79. The summed E-state index contributed by atoms with van der Waals surface area (Å²) in [7, 11) is 2.09. The first-order valence-electron chi connectivity index (χ1n) is 7.74. The SMILES string of the molecule is CN1[C@@H]2CC[C@H]1CC(O)(C(=O)OCCc1ccccc1)C2. The predicted octanol–water partition coefficient (Wildman–Crippen LogP) is 1.76. The predicted molar refractivity (Wildman–Crippen MR) is 79.9 cm³/mol. The molecule has 0 amide bonds. The zero-order chi connectivity index (χ0) is 14.9. The van der Waals surface area contributed by atoms with Gasteiger partial charge in [0.1, 0.15) is 0 Å². The van der Waals surface area contributed by atoms with Gasteiger partial charge in [0.25, 0.3) is 0 Å². The van der Waals surface area contributed by atoms with Gasteiger partial charge in [0.2, 0.25) is 0 Å². The van der Waals surface area contributed by atoms with Crippen molar-refractivity contribution in [3.63, 3.8) is 0 Å². The topological polar surface area (TPSA) is 49.8 Å². The Morgan fingerprint density at radius 3 is 2.52 bits per heavy atom. The summed E-state index contributed by atoms with van der Waals surface area (Å²) in [6.07, 6.45) is 3.84. The van der Waals surface area contributed by atoms with Crippen LogP contribution in [0, 0.1) is 0 Å². The number of esters is 1. The lowest BCUT2D eigenvalue weighted by Gasteiger charge is -2.40. The normalized spacial score (nSPS) is 32.1. The largest absolute Gasteiger partial charge is 0.463 e. The first kappa shape index (κ1) is 14.5. The van der Waals surface area contributed by atoms with Crippen molar-refractivity contribution in [2.24, 2.45) is 0 Å². The quantitative estimate of drug-likeness (QED) is 0.858. The van der Waals surface area contributed by atoms with E-state index in [2.05, 4.69) is 11.9 Å². The summed E-state index contributed by atoms with van der Waals surface area (Å²) < 4.78 is 5.34. The van der Waals surface area contributed by atoms with Crippen molar-refractivity contribution in [3.8, 4) is 0 Å². The molecule has 2 fully saturated rings. The van der Waals surface area contributed by atoms with Gasteiger partial charge < -0.3 is 14.7 Å². The number of nitrogens with zero attached hydrogens (tertiary/aromatic N) is 1. The van der Waals surface area contributed by atoms with Crippen molar-refractivity contribution < 1.29 is 14.6 Å². The van der Waals surface area contributed by atoms with Crippen LogP contribution in [0.3, 0.4) is 0 Å². The van der Waals surface area contributed by atoms with E-state index < -0.39 is 11.6 Å². The smallest absolute Gasteiger partial charge is 0.338 e. The highest BCUT2D eigenvalue weighted by Crippen LogP contribution is 2.40. The molecule has 114 valence electrons. The number of ether oxygens (including phenoxy) is 1. The van der Waals surface area contributed by atoms with Gasteiger partial charge in [-0.3, -0.25) is 0 Å². The van der Waals surface area contributed by atoms with Crippen molar-refractivity contribution in [2.75, 3.05) is 13.7 Å². The number of rotatable bonds is 4. The maximum Gasteiger partial charge on any atom is 0.338 e. The Bertz CT molecular complexity index is 488. The fourth-order valence-corrected chi connectivity index (χ4v) is 3.65. The standard InChI is InChI=1S/C17H23NO3/c1-18-14-7-8-15(18)12-17(20,11-14)16(19)21-10-9-13-5-3-2-4-6-13/h2-6,14-15,20H,7-12H2,1H3/t14-,15+,17?. The molecule has 21 heavy (non-hydrogen) atoms. The van der Waals surface area contributed by atoms with Crippen LogP contribution >= 0.6 is 0 Å². The van der Waals surface area contributed by atoms with Crippen LogP contribution in [-0.4, -0.2) is 47.3 Å². The number of hydrogen-bond donors (Lipinski definition) is 1. The summed E-state index contributed by atoms with van der Waals surface area (Å²) in [5.74, 6) is -0.441. The molecule has 2 heterocycles. The number of benzene rings is 1. The molecule has 2 aliphatic rings. The Hall–Kier alpha value is -1.39. The molecule has 2 saturated heterocycles. The molecule has 2 aliphatic heterocycles. The summed E-state index contributed by atoms with van der Waals surface area (Å²) in [5.41, 5.74) is -0.143. The second-order valence-electron chi connectivity index (χ2n) is 6.36. The highest BCUT2D eigenvalue weighted by atomic mass is 16.5. The molecule has 4 heteroatoms. The van der Waals surface area contributed by atoms with Crippen LogP contribution in [-0.2, 0) is 16.0 Å². The van der Waals surface area contributed by atoms with Gasteiger partial charge in [-0.25, -0.2) is 4.79 Å². The average molecular weight is 289 g/mol. The third kappa shape index (κ3) is 2.97. The summed E-state index contributed by atoms with van der Waals surface area (Å²) in [5, 5.41) is 10.6. The lowest BCUT2D eigenvalue weighted by molar-refractivity contribution is -0.173. The van der Waals surface area contributed by atoms with Crippen molar-refractivity contribution in [1.29, 1.82) is 0 Å². The van der Waals surface area contributed by atoms with E-state index in [-0.39, 0.29) is 0 Å². The van der Waals surface area contributed by atoms with Crippen LogP contribution in [0.1, 0.15) is 31.2 Å². The molecule has 0 aliphatic carbocycles. The van der Waals surface area contributed by atoms with E-state index in [0.29, 0.717) is 38.0 Å². The van der Waals surface area contributed by atoms with Crippen molar-refractivity contribution in [2.45, 2.75) is 49.8 Å². The van der Waals surface area contributed by atoms with Crippen LogP contribution in [0.4, 0.5) is 0 Å². The third-order valence-corrected chi connectivity index (χ3v) is 4.98. The van der Waals surface area contributed by atoms with E-state index in [4.69, 9.17) is 4.74 Å². The van der Waals surface area contributed by atoms with Gasteiger partial charge in [0.15, 0.2) is 5.60 Å². The van der Waals surface area contributed by atoms with Gasteiger partial charge in [0.05, 0.1) is 6.61 Å². The van der Waals surface area contributed by atoms with Gasteiger partial charge in [-0.1, -0.05) is 30.3 Å². The van der Waals surface area contributed by atoms with Crippen LogP contribution in [0.25, 0.3) is 0 Å². The number of piperidine rings is 1. The third-order valence-electron chi connectivity index (χ3n) is 4.98. The molecule has 0 saturated carbocycles. The highest BCUT2D eigenvalue weighted by Gasteiger charge is 2.50. The van der Waals surface area contributed by atoms with Crippen molar-refractivity contribution in [3.05, 3.63) is 35.9 Å². The van der Waals surface area contributed by atoms with E-state index in [1.807, 2.05) is 30.3 Å². The Balaban J connectivity index is 1.53. The Morgan fingerprint density at radius 1 is 1.29 bits per heavy atom. The van der Waals surface area contributed by atoms with Crippen LogP contribution in [0.2, 0.25) is 0 Å². The molecular weight excluding hydrogens is 266 g/mol. The number of fused-ring (bicyclic) bond motifs is 2. The first-order valence-corrected chi connectivity index (χ1v) is 7.74. The Kier molecular flexibility index (Phi) is 4.00. The number of carbonyl (C=O) groups is 1. The summed E-state index contributed by atoms with van der Waals surface area (Å²) in [6.45, 7) is 0.330. The van der Waals surface area contributed by atoms with E-state index in [1.165, 1.54) is 0 Å². The minimum Gasteiger partial charge on any atom is -0.463 e. The van der Waals surface area contributed by atoms with Crippen molar-refractivity contribution >= 4 is 5.97 Å². The summed E-state index contributed by atoms with van der Waals surface area (Å²) in [4.78, 5) is 14.5. The van der Waals surface area contributed by atoms with E-state index in [9.17, 15) is 9.90 Å². The van der Waals surface area contributed by atoms with Crippen LogP contribution in [0.15, 0.2) is 30.3 Å². The monoisotopic (exact) mass is 289 g/mol. The van der Waals surface area contributed by atoms with Crippen LogP contribution < -0.4 is 0 Å². The van der Waals surface area contributed by atoms with Crippen LogP contribution in [0.5, 0.6) is 0 Å². The molecule has 2 bridgehead atoms. The second kappa shape index (κ2) is 5.78. The molecule has 4 nitrogen and oxygen atoms in total. The molecule has 0 aromatic heterocycles. The maximum absolute atomic E-state index is 12.2. The fourth-order valence-electron chi connectivity index (χ4n) is 3.65. The minimum atomic E-state index is -1.28. The van der Waals surface area contributed by atoms with Gasteiger partial charge in [-0.05, 0) is 25.5 Å². The second-order valence-corrected chi connectivity index (χ2v) is 6.36. The first-order chi connectivity index (χ1) is 10.1. The minimum absolute atomic E-state index is 0.315. The summed E-state index contributed by atoms with van der Waals surface area (Å²) in [6, 6.07) is 10.6. The molecule has 1 aromatic carbocycles. The Morgan fingerprint density at radius 2 is 1.90 bits per heavy atom. The molecule has 0 spiro atoms. The zero-order valence-corrected chi connectivity index (χ0v) is 12.5. The molecule has 0 radical (unpaired) electrons. The van der Waals surface area contributed by atoms with E-state index in [0.717, 1.165) is 18.4 Å². The van der Waals surface area contributed by atoms with E-state index in [1.54, 1.807) is 0 Å². The van der Waals surface area contributed by atoms with Gasteiger partial charge >= 0.3 is 5.97 Å². The summed E-state index contributed by atoms with van der Waals surface area (Å²) >= 11 is 0. The average Bonchev–Trinajstić information content (AvgIpc) is 2.72. The van der Waals surface area contributed by atoms with Gasteiger partial charge in [-0.2, -0.15) is 0 Å². The van der Waals surface area contributed by atoms with Gasteiger partial charge in [0, 0.05) is 31.3 Å². The number of hydrogen-bond acceptors (Lipinski definition) is 4. The fraction of sp³-hybridized carbons (Fsp3) is 0.588. The number of carbonyl (C=O) groups excluding carboxylic acids is 1. The lowest BCUT2D eigenvalue weighted by Crippen LogP contribution is -2.54. The zero-order valence-electron chi connectivity index (χ0n) is 12.5. The molecule has 1 N–H and O–H groups in total. The maximum atomic E-state index is 12.2. The number of aliphatic hydroxyl groups is 1. The Labute approximate surface area is 125 Å². The molecule has 3 rings (SSSR count). The molecule has 1 unspecified atom stereocenters. The lowest BCUT2D eigenvalue weighted by atomic mass is 9.86. The molecule has 3 atom stereocenters. The molecule has 1 aromatic rings. The van der Waals surface area contributed by atoms with E-state index >= 15 is 0 Å². The van der Waals surface area contributed by atoms with Gasteiger partial charge in [-0.15, -0.1) is 0 Å².